The van der Waals surface area contributed by atoms with E-state index < -0.39 is 0 Å². The lowest BCUT2D eigenvalue weighted by atomic mass is 9.98. The summed E-state index contributed by atoms with van der Waals surface area (Å²) in [6.45, 7) is 12.9. The number of nitrogens with zero attached hydrogens (tertiary/aromatic N) is 2. The summed E-state index contributed by atoms with van der Waals surface area (Å²) in [7, 11) is 0. The van der Waals surface area contributed by atoms with Crippen molar-refractivity contribution in [2.24, 2.45) is 0 Å². The van der Waals surface area contributed by atoms with Gasteiger partial charge in [-0.3, -0.25) is 4.90 Å². The fourth-order valence-electron chi connectivity index (χ4n) is 3.95. The predicted octanol–water partition coefficient (Wildman–Crippen LogP) is 5.69. The molecule has 1 aliphatic rings. The first-order chi connectivity index (χ1) is 14.9. The zero-order chi connectivity index (χ0) is 22.2. The van der Waals surface area contributed by atoms with E-state index in [0.29, 0.717) is 5.92 Å². The highest BCUT2D eigenvalue weighted by Crippen LogP contribution is 2.28. The average Bonchev–Trinajstić information content (AvgIpc) is 2.75. The number of ether oxygens (including phenoxy) is 1. The van der Waals surface area contributed by atoms with Gasteiger partial charge in [-0.1, -0.05) is 55.8 Å². The van der Waals surface area contributed by atoms with Gasteiger partial charge in [0.1, 0.15) is 0 Å². The Morgan fingerprint density at radius 3 is 2.65 bits per heavy atom. The summed E-state index contributed by atoms with van der Waals surface area (Å²) in [4.78, 5) is 4.73. The fraction of sp³-hybridized carbons (Fsp3) is 0.480. The third-order valence-electron chi connectivity index (χ3n) is 5.71. The summed E-state index contributed by atoms with van der Waals surface area (Å²) in [5.41, 5.74) is 4.80. The Morgan fingerprint density at radius 2 is 1.94 bits per heavy atom. The Kier molecular flexibility index (Phi) is 9.15. The van der Waals surface area contributed by atoms with Crippen molar-refractivity contribution in [3.05, 3.63) is 64.2 Å². The molecule has 3 rings (SSSR count). The predicted molar refractivity (Wildman–Crippen MR) is 135 cm³/mol. The lowest BCUT2D eigenvalue weighted by molar-refractivity contribution is 0.0368. The zero-order valence-electron chi connectivity index (χ0n) is 18.9. The normalized spacial score (nSPS) is 14.6. The van der Waals surface area contributed by atoms with Gasteiger partial charge in [0.05, 0.1) is 13.2 Å². The number of hydrogen-bond acceptors (Lipinski definition) is 3. The second-order valence-electron chi connectivity index (χ2n) is 8.48. The molecule has 1 N–H and O–H groups in total. The molecule has 4 nitrogen and oxygen atoms in total. The van der Waals surface area contributed by atoms with Crippen LogP contribution in [0.5, 0.6) is 0 Å². The number of thiocarbonyl (C=S) groups is 1. The summed E-state index contributed by atoms with van der Waals surface area (Å²) in [6, 6.07) is 14.5. The third-order valence-corrected chi connectivity index (χ3v) is 6.31. The van der Waals surface area contributed by atoms with Gasteiger partial charge in [0.2, 0.25) is 0 Å². The number of halogens is 1. The summed E-state index contributed by atoms with van der Waals surface area (Å²) < 4.78 is 5.47. The molecular formula is C25H34ClN3OS. The van der Waals surface area contributed by atoms with Crippen LogP contribution in [-0.4, -0.2) is 54.3 Å². The highest BCUT2D eigenvalue weighted by Gasteiger charge is 2.16. The number of anilines is 1. The molecular weight excluding hydrogens is 426 g/mol. The SMILES string of the molecule is Cc1cccc(C(C)C)c1NC(=S)N(CCCN1CCOCC1)Cc1cccc(Cl)c1. The molecule has 0 radical (unpaired) electrons. The Hall–Kier alpha value is -1.66. The van der Waals surface area contributed by atoms with Gasteiger partial charge < -0.3 is 15.0 Å². The van der Waals surface area contributed by atoms with Crippen molar-refractivity contribution in [2.75, 3.05) is 44.7 Å². The topological polar surface area (TPSA) is 27.7 Å². The van der Waals surface area contributed by atoms with Gasteiger partial charge >= 0.3 is 0 Å². The van der Waals surface area contributed by atoms with Crippen molar-refractivity contribution in [3.8, 4) is 0 Å². The van der Waals surface area contributed by atoms with Gasteiger partial charge in [-0.05, 0) is 60.3 Å². The number of para-hydroxylation sites is 1. The Bertz CT molecular complexity index is 868. The largest absolute Gasteiger partial charge is 0.379 e. The monoisotopic (exact) mass is 459 g/mol. The number of morpholine rings is 1. The van der Waals surface area contributed by atoms with E-state index in [1.807, 2.05) is 18.2 Å². The van der Waals surface area contributed by atoms with Crippen molar-refractivity contribution >= 4 is 34.6 Å². The molecule has 0 bridgehead atoms. The average molecular weight is 460 g/mol. The van der Waals surface area contributed by atoms with Crippen LogP contribution in [0.1, 0.15) is 42.9 Å². The minimum absolute atomic E-state index is 0.424. The van der Waals surface area contributed by atoms with Crippen molar-refractivity contribution in [2.45, 2.75) is 39.7 Å². The number of hydrogen-bond donors (Lipinski definition) is 1. The van der Waals surface area contributed by atoms with Gasteiger partial charge in [-0.15, -0.1) is 0 Å². The van der Waals surface area contributed by atoms with Crippen molar-refractivity contribution in [1.82, 2.24) is 9.80 Å². The Morgan fingerprint density at radius 1 is 1.19 bits per heavy atom. The quantitative estimate of drug-likeness (QED) is 0.511. The van der Waals surface area contributed by atoms with Crippen LogP contribution in [0.25, 0.3) is 0 Å². The van der Waals surface area contributed by atoms with Crippen LogP contribution in [0.2, 0.25) is 5.02 Å². The summed E-state index contributed by atoms with van der Waals surface area (Å²) in [6.07, 6.45) is 1.05. The molecule has 31 heavy (non-hydrogen) atoms. The molecule has 1 heterocycles. The van der Waals surface area contributed by atoms with Gasteiger partial charge in [-0.2, -0.15) is 0 Å². The van der Waals surface area contributed by atoms with Crippen LogP contribution in [0.3, 0.4) is 0 Å². The van der Waals surface area contributed by atoms with Crippen LogP contribution < -0.4 is 5.32 Å². The maximum absolute atomic E-state index is 6.23. The second-order valence-corrected chi connectivity index (χ2v) is 9.31. The molecule has 2 aromatic carbocycles. The van der Waals surface area contributed by atoms with Crippen LogP contribution in [0.15, 0.2) is 42.5 Å². The molecule has 0 saturated carbocycles. The van der Waals surface area contributed by atoms with Crippen LogP contribution >= 0.6 is 23.8 Å². The molecule has 1 fully saturated rings. The van der Waals surface area contributed by atoms with Gasteiger partial charge in [0, 0.05) is 43.4 Å². The number of aryl methyl sites for hydroxylation is 1. The van der Waals surface area contributed by atoms with E-state index in [4.69, 9.17) is 28.6 Å². The van der Waals surface area contributed by atoms with E-state index in [2.05, 4.69) is 60.2 Å². The van der Waals surface area contributed by atoms with E-state index >= 15 is 0 Å². The summed E-state index contributed by atoms with van der Waals surface area (Å²) in [5, 5.41) is 5.09. The molecule has 0 unspecified atom stereocenters. The molecule has 0 spiro atoms. The smallest absolute Gasteiger partial charge is 0.173 e. The minimum Gasteiger partial charge on any atom is -0.379 e. The Labute approximate surface area is 197 Å². The zero-order valence-corrected chi connectivity index (χ0v) is 20.4. The Balaban J connectivity index is 1.72. The molecule has 2 aromatic rings. The molecule has 6 heteroatoms. The van der Waals surface area contributed by atoms with Crippen molar-refractivity contribution < 1.29 is 4.74 Å². The van der Waals surface area contributed by atoms with E-state index in [1.54, 1.807) is 0 Å². The summed E-state index contributed by atoms with van der Waals surface area (Å²) >= 11 is 12.1. The van der Waals surface area contributed by atoms with E-state index in [9.17, 15) is 0 Å². The molecule has 1 saturated heterocycles. The first-order valence-electron chi connectivity index (χ1n) is 11.1. The minimum atomic E-state index is 0.424. The van der Waals surface area contributed by atoms with Crippen LogP contribution in [0.4, 0.5) is 5.69 Å². The molecule has 0 atom stereocenters. The van der Waals surface area contributed by atoms with Crippen molar-refractivity contribution in [1.29, 1.82) is 0 Å². The lowest BCUT2D eigenvalue weighted by Gasteiger charge is -2.30. The maximum atomic E-state index is 6.23. The first-order valence-corrected chi connectivity index (χ1v) is 11.9. The molecule has 0 amide bonds. The first kappa shape index (κ1) is 24.0. The molecule has 0 aliphatic carbocycles. The standard InChI is InChI=1S/C25H34ClN3OS/c1-19(2)23-10-4-7-20(3)24(23)27-25(31)29(18-21-8-5-9-22(26)17-21)12-6-11-28-13-15-30-16-14-28/h4-5,7-10,17,19H,6,11-16,18H2,1-3H3,(H,27,31). The number of rotatable bonds is 8. The highest BCUT2D eigenvalue weighted by molar-refractivity contribution is 7.80. The molecule has 1 aliphatic heterocycles. The van der Waals surface area contributed by atoms with E-state index in [-0.39, 0.29) is 0 Å². The van der Waals surface area contributed by atoms with Gasteiger partial charge in [0.15, 0.2) is 5.11 Å². The van der Waals surface area contributed by atoms with Gasteiger partial charge in [0.25, 0.3) is 0 Å². The third kappa shape index (κ3) is 7.18. The van der Waals surface area contributed by atoms with E-state index in [0.717, 1.165) is 73.7 Å². The number of nitrogens with one attached hydrogen (secondary N) is 1. The second kappa shape index (κ2) is 11.8. The van der Waals surface area contributed by atoms with Crippen LogP contribution in [0, 0.1) is 6.92 Å². The maximum Gasteiger partial charge on any atom is 0.173 e. The molecule has 168 valence electrons. The highest BCUT2D eigenvalue weighted by atomic mass is 35.5. The number of benzene rings is 2. The van der Waals surface area contributed by atoms with Gasteiger partial charge in [-0.25, -0.2) is 0 Å². The van der Waals surface area contributed by atoms with E-state index in [1.165, 1.54) is 11.1 Å². The van der Waals surface area contributed by atoms with Crippen molar-refractivity contribution in [3.63, 3.8) is 0 Å². The summed E-state index contributed by atoms with van der Waals surface area (Å²) in [5.74, 6) is 0.424. The lowest BCUT2D eigenvalue weighted by Crippen LogP contribution is -2.40. The molecule has 0 aromatic heterocycles. The van der Waals surface area contributed by atoms with Crippen LogP contribution in [-0.2, 0) is 11.3 Å². The fourth-order valence-corrected chi connectivity index (χ4v) is 4.42.